The molecule has 0 spiro atoms. The molecule has 0 atom stereocenters. The Morgan fingerprint density at radius 1 is 1.17 bits per heavy atom. The molecule has 6 heteroatoms. The van der Waals surface area contributed by atoms with E-state index in [2.05, 4.69) is 48.4 Å². The third-order valence-corrected chi connectivity index (χ3v) is 2.90. The summed E-state index contributed by atoms with van der Waals surface area (Å²) in [7, 11) is 0. The van der Waals surface area contributed by atoms with E-state index < -0.39 is 0 Å². The van der Waals surface area contributed by atoms with Crippen molar-refractivity contribution in [2.75, 3.05) is 6.54 Å². The number of hydrogen-bond acceptors (Lipinski definition) is 2. The van der Waals surface area contributed by atoms with Gasteiger partial charge in [0.05, 0.1) is 17.9 Å². The normalized spacial score (nSPS) is 11.7. The fourth-order valence-electron chi connectivity index (χ4n) is 1.99. The first kappa shape index (κ1) is 19.5. The van der Waals surface area contributed by atoms with E-state index in [1.165, 1.54) is 0 Å². The van der Waals surface area contributed by atoms with Gasteiger partial charge in [0, 0.05) is 18.3 Å². The standard InChI is InChI=1S/C17H25N5.HI/c1-5-18-16(20-17(2,3)4)19-13-14-11-12-22(21-14)15-9-7-6-8-10-15;/h6-12H,5,13H2,1-4H3,(H2,18,19,20);1H. The molecule has 5 nitrogen and oxygen atoms in total. The fraction of sp³-hybridized carbons (Fsp3) is 0.412. The van der Waals surface area contributed by atoms with Gasteiger partial charge in [-0.2, -0.15) is 5.10 Å². The van der Waals surface area contributed by atoms with Crippen molar-refractivity contribution in [3.05, 3.63) is 48.3 Å². The molecule has 1 aromatic heterocycles. The second kappa shape index (κ2) is 8.90. The van der Waals surface area contributed by atoms with Gasteiger partial charge in [0.15, 0.2) is 5.96 Å². The van der Waals surface area contributed by atoms with Crippen molar-refractivity contribution in [1.82, 2.24) is 20.4 Å². The Bertz CT molecular complexity index is 613. The number of para-hydroxylation sites is 1. The van der Waals surface area contributed by atoms with Crippen LogP contribution in [-0.2, 0) is 6.54 Å². The van der Waals surface area contributed by atoms with Crippen LogP contribution in [0.1, 0.15) is 33.4 Å². The van der Waals surface area contributed by atoms with Crippen molar-refractivity contribution < 1.29 is 0 Å². The summed E-state index contributed by atoms with van der Waals surface area (Å²) in [6, 6.07) is 12.1. The van der Waals surface area contributed by atoms with Gasteiger partial charge in [-0.25, -0.2) is 9.67 Å². The summed E-state index contributed by atoms with van der Waals surface area (Å²) in [4.78, 5) is 4.59. The van der Waals surface area contributed by atoms with E-state index in [0.29, 0.717) is 6.54 Å². The Labute approximate surface area is 155 Å². The molecule has 2 rings (SSSR count). The summed E-state index contributed by atoms with van der Waals surface area (Å²) in [6.45, 7) is 9.79. The fourth-order valence-corrected chi connectivity index (χ4v) is 1.99. The van der Waals surface area contributed by atoms with E-state index in [4.69, 9.17) is 0 Å². The smallest absolute Gasteiger partial charge is 0.192 e. The molecule has 0 amide bonds. The molecule has 23 heavy (non-hydrogen) atoms. The molecule has 0 saturated carbocycles. The van der Waals surface area contributed by atoms with Gasteiger partial charge in [0.1, 0.15) is 0 Å². The minimum atomic E-state index is -0.0234. The predicted octanol–water partition coefficient (Wildman–Crippen LogP) is 3.34. The first-order valence-corrected chi connectivity index (χ1v) is 7.64. The molecular formula is C17H26IN5. The van der Waals surface area contributed by atoms with Crippen molar-refractivity contribution in [3.8, 4) is 5.69 Å². The van der Waals surface area contributed by atoms with Crippen molar-refractivity contribution in [2.45, 2.75) is 39.8 Å². The van der Waals surface area contributed by atoms with Crippen molar-refractivity contribution in [1.29, 1.82) is 0 Å². The average molecular weight is 427 g/mol. The average Bonchev–Trinajstić information content (AvgIpc) is 2.93. The number of halogens is 1. The number of nitrogens with zero attached hydrogens (tertiary/aromatic N) is 3. The Hall–Kier alpha value is -1.57. The summed E-state index contributed by atoms with van der Waals surface area (Å²) < 4.78 is 1.87. The van der Waals surface area contributed by atoms with Crippen LogP contribution in [0.5, 0.6) is 0 Å². The number of guanidine groups is 1. The van der Waals surface area contributed by atoms with Crippen LogP contribution in [0.15, 0.2) is 47.6 Å². The van der Waals surface area contributed by atoms with Crippen molar-refractivity contribution in [2.24, 2.45) is 4.99 Å². The molecule has 126 valence electrons. The van der Waals surface area contributed by atoms with Gasteiger partial charge in [-0.05, 0) is 45.9 Å². The van der Waals surface area contributed by atoms with E-state index in [1.54, 1.807) is 0 Å². The van der Waals surface area contributed by atoms with Gasteiger partial charge in [0.2, 0.25) is 0 Å². The largest absolute Gasteiger partial charge is 0.357 e. The van der Waals surface area contributed by atoms with Crippen LogP contribution in [0.4, 0.5) is 0 Å². The summed E-state index contributed by atoms with van der Waals surface area (Å²) in [5, 5.41) is 11.2. The third-order valence-electron chi connectivity index (χ3n) is 2.90. The predicted molar refractivity (Wildman–Crippen MR) is 107 cm³/mol. The van der Waals surface area contributed by atoms with Gasteiger partial charge < -0.3 is 10.6 Å². The van der Waals surface area contributed by atoms with E-state index in [0.717, 1.165) is 23.9 Å². The highest BCUT2D eigenvalue weighted by Gasteiger charge is 2.11. The molecule has 1 aromatic carbocycles. The molecule has 1 heterocycles. The van der Waals surface area contributed by atoms with Crippen LogP contribution < -0.4 is 10.6 Å². The topological polar surface area (TPSA) is 54.2 Å². The summed E-state index contributed by atoms with van der Waals surface area (Å²) >= 11 is 0. The number of aromatic nitrogens is 2. The molecule has 2 N–H and O–H groups in total. The van der Waals surface area contributed by atoms with Gasteiger partial charge in [0.25, 0.3) is 0 Å². The molecule has 0 fully saturated rings. The minimum Gasteiger partial charge on any atom is -0.357 e. The highest BCUT2D eigenvalue weighted by Crippen LogP contribution is 2.07. The zero-order chi connectivity index (χ0) is 16.0. The van der Waals surface area contributed by atoms with Crippen LogP contribution in [-0.4, -0.2) is 27.8 Å². The van der Waals surface area contributed by atoms with E-state index >= 15 is 0 Å². The first-order valence-electron chi connectivity index (χ1n) is 7.64. The Morgan fingerprint density at radius 2 is 1.87 bits per heavy atom. The molecule has 0 aliphatic rings. The van der Waals surface area contributed by atoms with Gasteiger partial charge in [-0.1, -0.05) is 18.2 Å². The maximum absolute atomic E-state index is 4.59. The lowest BCUT2D eigenvalue weighted by molar-refractivity contribution is 0.501. The van der Waals surface area contributed by atoms with E-state index in [1.807, 2.05) is 47.3 Å². The summed E-state index contributed by atoms with van der Waals surface area (Å²) in [5.41, 5.74) is 1.97. The van der Waals surface area contributed by atoms with E-state index in [9.17, 15) is 0 Å². The van der Waals surface area contributed by atoms with E-state index in [-0.39, 0.29) is 29.5 Å². The number of nitrogens with one attached hydrogen (secondary N) is 2. The second-order valence-electron chi connectivity index (χ2n) is 6.16. The van der Waals surface area contributed by atoms with Crippen LogP contribution >= 0.6 is 24.0 Å². The van der Waals surface area contributed by atoms with Crippen LogP contribution in [0.25, 0.3) is 5.69 Å². The zero-order valence-corrected chi connectivity index (χ0v) is 16.5. The molecule has 0 radical (unpaired) electrons. The number of aliphatic imine (C=N–C) groups is 1. The van der Waals surface area contributed by atoms with Gasteiger partial charge >= 0.3 is 0 Å². The van der Waals surface area contributed by atoms with Crippen LogP contribution in [0, 0.1) is 0 Å². The number of benzene rings is 1. The molecule has 0 aliphatic heterocycles. The number of rotatable bonds is 4. The van der Waals surface area contributed by atoms with Gasteiger partial charge in [-0.15, -0.1) is 24.0 Å². The monoisotopic (exact) mass is 427 g/mol. The molecule has 0 bridgehead atoms. The highest BCUT2D eigenvalue weighted by atomic mass is 127. The Morgan fingerprint density at radius 3 is 2.48 bits per heavy atom. The maximum atomic E-state index is 4.59. The molecule has 2 aromatic rings. The first-order chi connectivity index (χ1) is 10.5. The zero-order valence-electron chi connectivity index (χ0n) is 14.2. The maximum Gasteiger partial charge on any atom is 0.192 e. The molecule has 0 aliphatic carbocycles. The lowest BCUT2D eigenvalue weighted by Gasteiger charge is -2.23. The number of hydrogen-bond donors (Lipinski definition) is 2. The Balaban J connectivity index is 0.00000264. The molecule has 0 unspecified atom stereocenters. The summed E-state index contributed by atoms with van der Waals surface area (Å²) in [6.07, 6.45) is 1.96. The third kappa shape index (κ3) is 6.60. The second-order valence-corrected chi connectivity index (χ2v) is 6.16. The SMILES string of the molecule is CCNC(=NCc1ccn(-c2ccccc2)n1)NC(C)(C)C.I. The summed E-state index contributed by atoms with van der Waals surface area (Å²) in [5.74, 6) is 0.810. The van der Waals surface area contributed by atoms with Crippen molar-refractivity contribution >= 4 is 29.9 Å². The van der Waals surface area contributed by atoms with Crippen LogP contribution in [0.3, 0.4) is 0 Å². The lowest BCUT2D eigenvalue weighted by Crippen LogP contribution is -2.47. The highest BCUT2D eigenvalue weighted by molar-refractivity contribution is 14.0. The molecular weight excluding hydrogens is 401 g/mol. The van der Waals surface area contributed by atoms with Gasteiger partial charge in [-0.3, -0.25) is 0 Å². The van der Waals surface area contributed by atoms with Crippen molar-refractivity contribution in [3.63, 3.8) is 0 Å². The van der Waals surface area contributed by atoms with Crippen LogP contribution in [0.2, 0.25) is 0 Å². The minimum absolute atomic E-state index is 0. The molecule has 0 saturated heterocycles. The lowest BCUT2D eigenvalue weighted by atomic mass is 10.1. The quantitative estimate of drug-likeness (QED) is 0.447. The Kier molecular flexibility index (Phi) is 7.54.